The van der Waals surface area contributed by atoms with Crippen molar-refractivity contribution in [1.29, 1.82) is 0 Å². The maximum absolute atomic E-state index is 12.0. The van der Waals surface area contributed by atoms with Gasteiger partial charge in [-0.1, -0.05) is 0 Å². The number of hydrogen-bond donors (Lipinski definition) is 2. The molecule has 0 spiro atoms. The van der Waals surface area contributed by atoms with Gasteiger partial charge >= 0.3 is 12.0 Å². The number of carboxylic acid groups (broad SMARTS) is 1. The van der Waals surface area contributed by atoms with Gasteiger partial charge in [-0.25, -0.2) is 4.79 Å². The van der Waals surface area contributed by atoms with Gasteiger partial charge in [0.05, 0.1) is 5.92 Å². The number of aliphatic carboxylic acids is 1. The van der Waals surface area contributed by atoms with E-state index in [0.717, 1.165) is 6.42 Å². The summed E-state index contributed by atoms with van der Waals surface area (Å²) in [5.74, 6) is -1.05. The Labute approximate surface area is 122 Å². The van der Waals surface area contributed by atoms with E-state index in [4.69, 9.17) is 5.11 Å². The van der Waals surface area contributed by atoms with Crippen LogP contribution in [0.4, 0.5) is 4.79 Å². The van der Waals surface area contributed by atoms with E-state index in [1.54, 1.807) is 16.2 Å². The van der Waals surface area contributed by atoms with Crippen LogP contribution in [0, 0.1) is 12.8 Å². The molecule has 6 heteroatoms. The second kappa shape index (κ2) is 6.74. The van der Waals surface area contributed by atoms with Crippen molar-refractivity contribution in [3.8, 4) is 0 Å². The lowest BCUT2D eigenvalue weighted by Gasteiger charge is -2.30. The van der Waals surface area contributed by atoms with E-state index in [0.29, 0.717) is 32.5 Å². The number of carbonyl (C=O) groups excluding carboxylic acids is 1. The molecule has 1 saturated heterocycles. The smallest absolute Gasteiger partial charge is 0.317 e. The van der Waals surface area contributed by atoms with E-state index in [1.807, 2.05) is 0 Å². The highest BCUT2D eigenvalue weighted by atomic mass is 32.1. The normalized spacial score (nSPS) is 16.1. The first-order chi connectivity index (χ1) is 9.58. The van der Waals surface area contributed by atoms with Crippen molar-refractivity contribution in [3.63, 3.8) is 0 Å². The first kappa shape index (κ1) is 14.8. The summed E-state index contributed by atoms with van der Waals surface area (Å²) in [7, 11) is 0. The molecule has 1 aromatic rings. The van der Waals surface area contributed by atoms with Crippen LogP contribution in [0.3, 0.4) is 0 Å². The molecule has 0 atom stereocenters. The fraction of sp³-hybridized carbons (Fsp3) is 0.571. The van der Waals surface area contributed by atoms with Crippen LogP contribution in [-0.4, -0.2) is 41.6 Å². The first-order valence-corrected chi connectivity index (χ1v) is 7.74. The molecule has 1 aromatic heterocycles. The van der Waals surface area contributed by atoms with Crippen LogP contribution in [-0.2, 0) is 11.2 Å². The molecular formula is C14H20N2O3S. The van der Waals surface area contributed by atoms with E-state index in [1.165, 1.54) is 10.4 Å². The lowest BCUT2D eigenvalue weighted by atomic mass is 9.97. The molecule has 0 bridgehead atoms. The van der Waals surface area contributed by atoms with Crippen molar-refractivity contribution >= 4 is 23.3 Å². The fourth-order valence-corrected chi connectivity index (χ4v) is 3.29. The minimum Gasteiger partial charge on any atom is -0.481 e. The zero-order chi connectivity index (χ0) is 14.5. The summed E-state index contributed by atoms with van der Waals surface area (Å²) in [5.41, 5.74) is 1.27. The standard InChI is InChI=1S/C14H20N2O3S/c1-10-5-9-20-12(10)2-6-15-14(19)16-7-3-11(4-8-16)13(17)18/h5,9,11H,2-4,6-8H2,1H3,(H,15,19)(H,17,18). The average Bonchev–Trinajstić information content (AvgIpc) is 2.84. The summed E-state index contributed by atoms with van der Waals surface area (Å²) < 4.78 is 0. The zero-order valence-electron chi connectivity index (χ0n) is 11.6. The Kier molecular flexibility index (Phi) is 5.00. The average molecular weight is 296 g/mol. The van der Waals surface area contributed by atoms with Gasteiger partial charge in [-0.15, -0.1) is 11.3 Å². The summed E-state index contributed by atoms with van der Waals surface area (Å²) in [5, 5.41) is 13.9. The van der Waals surface area contributed by atoms with Gasteiger partial charge in [-0.05, 0) is 43.2 Å². The number of carboxylic acids is 1. The number of nitrogens with zero attached hydrogens (tertiary/aromatic N) is 1. The Morgan fingerprint density at radius 2 is 2.15 bits per heavy atom. The summed E-state index contributed by atoms with van der Waals surface area (Å²) in [6.07, 6.45) is 1.94. The highest BCUT2D eigenvalue weighted by Crippen LogP contribution is 2.18. The maximum atomic E-state index is 12.0. The molecule has 5 nitrogen and oxygen atoms in total. The highest BCUT2D eigenvalue weighted by Gasteiger charge is 2.26. The van der Waals surface area contributed by atoms with Gasteiger partial charge in [-0.3, -0.25) is 4.79 Å². The van der Waals surface area contributed by atoms with Gasteiger partial charge in [-0.2, -0.15) is 0 Å². The SMILES string of the molecule is Cc1ccsc1CCNC(=O)N1CCC(C(=O)O)CC1. The Morgan fingerprint density at radius 3 is 2.70 bits per heavy atom. The van der Waals surface area contributed by atoms with Crippen molar-refractivity contribution in [1.82, 2.24) is 10.2 Å². The summed E-state index contributed by atoms with van der Waals surface area (Å²) >= 11 is 1.71. The van der Waals surface area contributed by atoms with Crippen molar-refractivity contribution in [2.45, 2.75) is 26.2 Å². The zero-order valence-corrected chi connectivity index (χ0v) is 12.4. The molecule has 2 heterocycles. The van der Waals surface area contributed by atoms with E-state index in [2.05, 4.69) is 23.7 Å². The van der Waals surface area contributed by atoms with E-state index >= 15 is 0 Å². The molecule has 2 amide bonds. The van der Waals surface area contributed by atoms with Crippen LogP contribution in [0.25, 0.3) is 0 Å². The molecule has 0 radical (unpaired) electrons. The second-order valence-electron chi connectivity index (χ2n) is 5.11. The Morgan fingerprint density at radius 1 is 1.45 bits per heavy atom. The number of hydrogen-bond acceptors (Lipinski definition) is 3. The summed E-state index contributed by atoms with van der Waals surface area (Å²) in [4.78, 5) is 25.8. The molecule has 1 aliphatic rings. The van der Waals surface area contributed by atoms with Gasteiger partial charge in [0.15, 0.2) is 0 Å². The predicted molar refractivity (Wildman–Crippen MR) is 78.1 cm³/mol. The third-order valence-corrected chi connectivity index (χ3v) is 4.81. The number of likely N-dealkylation sites (tertiary alicyclic amines) is 1. The van der Waals surface area contributed by atoms with Gasteiger partial charge in [0, 0.05) is 24.5 Å². The summed E-state index contributed by atoms with van der Waals surface area (Å²) in [6, 6.07) is 2.00. The Hall–Kier alpha value is -1.56. The molecule has 0 saturated carbocycles. The molecule has 0 aromatic carbocycles. The van der Waals surface area contributed by atoms with Gasteiger partial charge < -0.3 is 15.3 Å². The van der Waals surface area contributed by atoms with Crippen LogP contribution in [0.5, 0.6) is 0 Å². The number of urea groups is 1. The Bertz CT molecular complexity index is 479. The lowest BCUT2D eigenvalue weighted by Crippen LogP contribution is -2.45. The minimum absolute atomic E-state index is 0.0805. The molecule has 1 fully saturated rings. The largest absolute Gasteiger partial charge is 0.481 e. The fourth-order valence-electron chi connectivity index (χ4n) is 2.38. The molecule has 2 N–H and O–H groups in total. The Balaban J connectivity index is 1.71. The topological polar surface area (TPSA) is 69.6 Å². The van der Waals surface area contributed by atoms with Crippen molar-refractivity contribution in [3.05, 3.63) is 21.9 Å². The van der Waals surface area contributed by atoms with Crippen LogP contribution in [0.1, 0.15) is 23.3 Å². The number of carbonyl (C=O) groups is 2. The van der Waals surface area contributed by atoms with Gasteiger partial charge in [0.25, 0.3) is 0 Å². The van der Waals surface area contributed by atoms with Crippen molar-refractivity contribution in [2.75, 3.05) is 19.6 Å². The van der Waals surface area contributed by atoms with Crippen LogP contribution in [0.15, 0.2) is 11.4 Å². The first-order valence-electron chi connectivity index (χ1n) is 6.86. The molecule has 20 heavy (non-hydrogen) atoms. The molecular weight excluding hydrogens is 276 g/mol. The maximum Gasteiger partial charge on any atom is 0.317 e. The van der Waals surface area contributed by atoms with E-state index in [9.17, 15) is 9.59 Å². The third kappa shape index (κ3) is 3.72. The van der Waals surface area contributed by atoms with Crippen LogP contribution < -0.4 is 5.32 Å². The second-order valence-corrected chi connectivity index (χ2v) is 6.11. The van der Waals surface area contributed by atoms with E-state index < -0.39 is 5.97 Å². The molecule has 110 valence electrons. The number of rotatable bonds is 4. The molecule has 0 unspecified atom stereocenters. The van der Waals surface area contributed by atoms with Crippen molar-refractivity contribution < 1.29 is 14.7 Å². The minimum atomic E-state index is -0.752. The van der Waals surface area contributed by atoms with Crippen LogP contribution >= 0.6 is 11.3 Å². The van der Waals surface area contributed by atoms with Gasteiger partial charge in [0.1, 0.15) is 0 Å². The summed E-state index contributed by atoms with van der Waals surface area (Å²) in [6.45, 7) is 3.75. The van der Waals surface area contributed by atoms with E-state index in [-0.39, 0.29) is 11.9 Å². The van der Waals surface area contributed by atoms with Crippen molar-refractivity contribution in [2.24, 2.45) is 5.92 Å². The lowest BCUT2D eigenvalue weighted by molar-refractivity contribution is -0.143. The van der Waals surface area contributed by atoms with Gasteiger partial charge in [0.2, 0.25) is 0 Å². The molecule has 0 aliphatic carbocycles. The van der Waals surface area contributed by atoms with Crippen LogP contribution in [0.2, 0.25) is 0 Å². The number of thiophene rings is 1. The number of aryl methyl sites for hydroxylation is 1. The molecule has 1 aliphatic heterocycles. The highest BCUT2D eigenvalue weighted by molar-refractivity contribution is 7.10. The number of amides is 2. The number of nitrogens with one attached hydrogen (secondary N) is 1. The molecule has 2 rings (SSSR count). The predicted octanol–water partition coefficient (Wildman–Crippen LogP) is 2.11. The third-order valence-electron chi connectivity index (χ3n) is 3.73. The quantitative estimate of drug-likeness (QED) is 0.894. The monoisotopic (exact) mass is 296 g/mol. The number of piperidine rings is 1.